The van der Waals surface area contributed by atoms with Gasteiger partial charge in [0.05, 0.1) is 0 Å². The molecule has 0 unspecified atom stereocenters. The Bertz CT molecular complexity index is 827. The predicted octanol–water partition coefficient (Wildman–Crippen LogP) is 4.70. The van der Waals surface area contributed by atoms with Crippen LogP contribution in [0.3, 0.4) is 0 Å². The molecular weight excluding hydrogens is 411 g/mol. The third-order valence-corrected chi connectivity index (χ3v) is 5.07. The van der Waals surface area contributed by atoms with Crippen LogP contribution in [0.25, 0.3) is 0 Å². The van der Waals surface area contributed by atoms with Crippen LogP contribution in [0, 0.1) is 0 Å². The Morgan fingerprint density at radius 2 is 1.76 bits per heavy atom. The topological polar surface area (TPSA) is 58.6 Å². The van der Waals surface area contributed by atoms with E-state index >= 15 is 0 Å². The van der Waals surface area contributed by atoms with Crippen molar-refractivity contribution in [3.8, 4) is 5.75 Å². The van der Waals surface area contributed by atoms with Gasteiger partial charge in [0.2, 0.25) is 5.91 Å². The maximum absolute atomic E-state index is 12.9. The second kappa shape index (κ2) is 11.1. The van der Waals surface area contributed by atoms with Crippen LogP contribution in [0.15, 0.2) is 48.5 Å². The Morgan fingerprint density at radius 1 is 1.07 bits per heavy atom. The molecule has 0 heterocycles. The lowest BCUT2D eigenvalue weighted by molar-refractivity contribution is -0.142. The molecule has 0 spiro atoms. The highest BCUT2D eigenvalue weighted by atomic mass is 35.5. The van der Waals surface area contributed by atoms with E-state index < -0.39 is 6.04 Å². The van der Waals surface area contributed by atoms with Gasteiger partial charge in [-0.3, -0.25) is 9.59 Å². The Kier molecular flexibility index (Phi) is 8.80. The molecule has 0 aliphatic carbocycles. The molecular formula is C22H26Cl2N2O3. The van der Waals surface area contributed by atoms with Crippen LogP contribution in [0.1, 0.15) is 32.8 Å². The molecule has 0 saturated carbocycles. The summed E-state index contributed by atoms with van der Waals surface area (Å²) in [7, 11) is 0. The van der Waals surface area contributed by atoms with Crippen LogP contribution in [-0.2, 0) is 16.1 Å². The van der Waals surface area contributed by atoms with Gasteiger partial charge in [0.1, 0.15) is 11.8 Å². The predicted molar refractivity (Wildman–Crippen MR) is 116 cm³/mol. The fourth-order valence-electron chi connectivity index (χ4n) is 2.64. The van der Waals surface area contributed by atoms with Gasteiger partial charge in [-0.1, -0.05) is 42.3 Å². The van der Waals surface area contributed by atoms with Crippen molar-refractivity contribution in [2.45, 2.75) is 45.8 Å². The molecule has 2 amide bonds. The quantitative estimate of drug-likeness (QED) is 0.619. The lowest BCUT2D eigenvalue weighted by atomic mass is 10.1. The fourth-order valence-corrected chi connectivity index (χ4v) is 2.98. The number of benzene rings is 2. The minimum atomic E-state index is -0.663. The van der Waals surface area contributed by atoms with E-state index in [4.69, 9.17) is 27.9 Å². The molecule has 2 atom stereocenters. The van der Waals surface area contributed by atoms with Crippen LogP contribution < -0.4 is 10.1 Å². The third-order valence-electron chi connectivity index (χ3n) is 4.59. The molecule has 1 N–H and O–H groups in total. The second-order valence-corrected chi connectivity index (χ2v) is 7.76. The van der Waals surface area contributed by atoms with Crippen molar-refractivity contribution < 1.29 is 14.3 Å². The van der Waals surface area contributed by atoms with Gasteiger partial charge >= 0.3 is 0 Å². The van der Waals surface area contributed by atoms with E-state index in [-0.39, 0.29) is 31.0 Å². The molecule has 7 heteroatoms. The maximum atomic E-state index is 12.9. The van der Waals surface area contributed by atoms with Gasteiger partial charge < -0.3 is 15.0 Å². The van der Waals surface area contributed by atoms with Crippen molar-refractivity contribution in [3.63, 3.8) is 0 Å². The molecule has 0 fully saturated rings. The fraction of sp³-hybridized carbons (Fsp3) is 0.364. The molecule has 29 heavy (non-hydrogen) atoms. The maximum Gasteiger partial charge on any atom is 0.261 e. The lowest BCUT2D eigenvalue weighted by Gasteiger charge is -2.29. The molecule has 2 rings (SSSR count). The summed E-state index contributed by atoms with van der Waals surface area (Å²) in [5.41, 5.74) is 0.834. The lowest BCUT2D eigenvalue weighted by Crippen LogP contribution is -2.50. The monoisotopic (exact) mass is 436 g/mol. The van der Waals surface area contributed by atoms with Crippen LogP contribution in [0.4, 0.5) is 0 Å². The molecule has 2 aromatic carbocycles. The van der Waals surface area contributed by atoms with Crippen molar-refractivity contribution in [1.82, 2.24) is 10.2 Å². The second-order valence-electron chi connectivity index (χ2n) is 6.89. The minimum Gasteiger partial charge on any atom is -0.484 e. The smallest absolute Gasteiger partial charge is 0.261 e. The average molecular weight is 437 g/mol. The first kappa shape index (κ1) is 23.0. The minimum absolute atomic E-state index is 0.0263. The molecule has 0 saturated heterocycles. The average Bonchev–Trinajstić information content (AvgIpc) is 2.70. The summed E-state index contributed by atoms with van der Waals surface area (Å²) in [4.78, 5) is 27.1. The summed E-state index contributed by atoms with van der Waals surface area (Å²) in [6.45, 7) is 5.69. The number of ether oxygens (including phenoxy) is 1. The molecule has 2 aromatic rings. The number of halogens is 2. The van der Waals surface area contributed by atoms with Gasteiger partial charge in [0, 0.05) is 22.6 Å². The van der Waals surface area contributed by atoms with Crippen molar-refractivity contribution in [2.24, 2.45) is 0 Å². The van der Waals surface area contributed by atoms with E-state index in [2.05, 4.69) is 5.32 Å². The van der Waals surface area contributed by atoms with Gasteiger partial charge in [0.25, 0.3) is 5.91 Å². The van der Waals surface area contributed by atoms with E-state index in [1.165, 1.54) is 4.90 Å². The number of carbonyl (C=O) groups excluding carboxylic acids is 2. The van der Waals surface area contributed by atoms with E-state index in [9.17, 15) is 9.59 Å². The summed E-state index contributed by atoms with van der Waals surface area (Å²) in [5, 5.41) is 4.09. The summed E-state index contributed by atoms with van der Waals surface area (Å²) < 4.78 is 5.59. The van der Waals surface area contributed by atoms with Crippen LogP contribution >= 0.6 is 23.2 Å². The number of nitrogens with one attached hydrogen (secondary N) is 1. The normalized spacial score (nSPS) is 12.7. The standard InChI is InChI=1S/C22H26Cl2N2O3/c1-4-15(2)25-22(28)16(3)26(13-17-6-5-7-19(24)12-17)21(27)14-29-20-10-8-18(23)9-11-20/h5-12,15-16H,4,13-14H2,1-3H3,(H,25,28)/t15-,16-/m1/s1. The number of rotatable bonds is 9. The zero-order chi connectivity index (χ0) is 21.4. The van der Waals surface area contributed by atoms with E-state index in [0.717, 1.165) is 12.0 Å². The summed E-state index contributed by atoms with van der Waals surface area (Å²) in [5.74, 6) is 0.0233. The zero-order valence-corrected chi connectivity index (χ0v) is 18.3. The summed E-state index contributed by atoms with van der Waals surface area (Å²) in [6.07, 6.45) is 0.806. The van der Waals surface area contributed by atoms with Gasteiger partial charge in [-0.15, -0.1) is 0 Å². The Labute approximate surface area is 181 Å². The van der Waals surface area contributed by atoms with E-state index in [0.29, 0.717) is 15.8 Å². The van der Waals surface area contributed by atoms with E-state index in [1.807, 2.05) is 26.0 Å². The highest BCUT2D eigenvalue weighted by molar-refractivity contribution is 6.30. The van der Waals surface area contributed by atoms with Crippen molar-refractivity contribution in [3.05, 3.63) is 64.1 Å². The summed E-state index contributed by atoms with van der Waals surface area (Å²) in [6, 6.07) is 13.3. The highest BCUT2D eigenvalue weighted by Crippen LogP contribution is 2.17. The molecule has 0 aliphatic rings. The number of hydrogen-bond acceptors (Lipinski definition) is 3. The van der Waals surface area contributed by atoms with Crippen LogP contribution in [0.5, 0.6) is 5.75 Å². The Balaban J connectivity index is 2.14. The first-order valence-corrected chi connectivity index (χ1v) is 10.3. The van der Waals surface area contributed by atoms with E-state index in [1.54, 1.807) is 43.3 Å². The third kappa shape index (κ3) is 7.26. The first-order chi connectivity index (χ1) is 13.8. The molecule has 0 aromatic heterocycles. The number of nitrogens with zero attached hydrogens (tertiary/aromatic N) is 1. The van der Waals surface area contributed by atoms with Crippen molar-refractivity contribution in [2.75, 3.05) is 6.61 Å². The molecule has 0 radical (unpaired) electrons. The zero-order valence-electron chi connectivity index (χ0n) is 16.8. The summed E-state index contributed by atoms with van der Waals surface area (Å²) >= 11 is 11.9. The largest absolute Gasteiger partial charge is 0.484 e. The van der Waals surface area contributed by atoms with Crippen LogP contribution in [-0.4, -0.2) is 35.4 Å². The van der Waals surface area contributed by atoms with Gasteiger partial charge in [-0.2, -0.15) is 0 Å². The van der Waals surface area contributed by atoms with Gasteiger partial charge in [0.15, 0.2) is 6.61 Å². The number of hydrogen-bond donors (Lipinski definition) is 1. The highest BCUT2D eigenvalue weighted by Gasteiger charge is 2.27. The Morgan fingerprint density at radius 3 is 2.38 bits per heavy atom. The molecule has 156 valence electrons. The molecule has 0 aliphatic heterocycles. The molecule has 0 bridgehead atoms. The van der Waals surface area contributed by atoms with Gasteiger partial charge in [-0.25, -0.2) is 0 Å². The first-order valence-electron chi connectivity index (χ1n) is 9.52. The van der Waals surface area contributed by atoms with Crippen molar-refractivity contribution >= 4 is 35.0 Å². The number of amides is 2. The van der Waals surface area contributed by atoms with Gasteiger partial charge in [-0.05, 0) is 62.2 Å². The number of carbonyl (C=O) groups is 2. The Hall–Kier alpha value is -2.24. The van der Waals surface area contributed by atoms with Crippen molar-refractivity contribution in [1.29, 1.82) is 0 Å². The SMILES string of the molecule is CC[C@@H](C)NC(=O)[C@@H](C)N(Cc1cccc(Cl)c1)C(=O)COc1ccc(Cl)cc1. The molecule has 5 nitrogen and oxygen atoms in total. The van der Waals surface area contributed by atoms with Crippen LogP contribution in [0.2, 0.25) is 10.0 Å².